The van der Waals surface area contributed by atoms with Gasteiger partial charge in [-0.2, -0.15) is 5.10 Å². The Morgan fingerprint density at radius 3 is 2.71 bits per heavy atom. The average molecular weight is 298 g/mol. The van der Waals surface area contributed by atoms with Crippen molar-refractivity contribution in [2.45, 2.75) is 6.04 Å². The molecule has 0 radical (unpaired) electrons. The first-order valence-corrected chi connectivity index (χ1v) is 6.03. The minimum absolute atomic E-state index is 0.199. The SMILES string of the molecule is CNC(c1ccc(Br)cc1F)c1ccnn1C. The molecule has 1 aromatic carbocycles. The van der Waals surface area contributed by atoms with Crippen molar-refractivity contribution in [1.29, 1.82) is 0 Å². The van der Waals surface area contributed by atoms with Crippen molar-refractivity contribution in [1.82, 2.24) is 15.1 Å². The molecule has 1 N–H and O–H groups in total. The van der Waals surface area contributed by atoms with Crippen LogP contribution in [0.25, 0.3) is 0 Å². The maximum atomic E-state index is 13.9. The third-order valence-corrected chi connectivity index (χ3v) is 3.21. The van der Waals surface area contributed by atoms with Gasteiger partial charge in [-0.25, -0.2) is 4.39 Å². The van der Waals surface area contributed by atoms with E-state index in [1.54, 1.807) is 24.0 Å². The first kappa shape index (κ1) is 12.3. The highest BCUT2D eigenvalue weighted by atomic mass is 79.9. The summed E-state index contributed by atoms with van der Waals surface area (Å²) in [6, 6.07) is 6.75. The van der Waals surface area contributed by atoms with Crippen LogP contribution in [-0.4, -0.2) is 16.8 Å². The molecule has 0 bridgehead atoms. The number of aryl methyl sites for hydroxylation is 1. The van der Waals surface area contributed by atoms with Crippen molar-refractivity contribution in [2.75, 3.05) is 7.05 Å². The zero-order valence-electron chi connectivity index (χ0n) is 9.61. The van der Waals surface area contributed by atoms with Gasteiger partial charge in [0.05, 0.1) is 11.7 Å². The van der Waals surface area contributed by atoms with Crippen LogP contribution in [0.15, 0.2) is 34.9 Å². The standard InChI is InChI=1S/C12H13BrFN3/c1-15-12(11-5-6-16-17(11)2)9-4-3-8(13)7-10(9)14/h3-7,12,15H,1-2H3. The highest BCUT2D eigenvalue weighted by molar-refractivity contribution is 9.10. The van der Waals surface area contributed by atoms with Crippen LogP contribution in [0, 0.1) is 5.82 Å². The molecule has 2 rings (SSSR count). The lowest BCUT2D eigenvalue weighted by molar-refractivity contribution is 0.551. The Morgan fingerprint density at radius 1 is 1.41 bits per heavy atom. The molecule has 1 atom stereocenters. The lowest BCUT2D eigenvalue weighted by Crippen LogP contribution is -2.21. The molecule has 5 heteroatoms. The number of benzene rings is 1. The summed E-state index contributed by atoms with van der Waals surface area (Å²) < 4.78 is 16.4. The predicted octanol–water partition coefficient (Wildman–Crippen LogP) is 2.63. The van der Waals surface area contributed by atoms with Crippen LogP contribution in [0.1, 0.15) is 17.3 Å². The maximum Gasteiger partial charge on any atom is 0.129 e. The Balaban J connectivity index is 2.46. The topological polar surface area (TPSA) is 29.9 Å². The van der Waals surface area contributed by atoms with Crippen molar-refractivity contribution in [3.63, 3.8) is 0 Å². The molecule has 1 heterocycles. The molecule has 0 spiro atoms. The number of hydrogen-bond donors (Lipinski definition) is 1. The number of nitrogens with one attached hydrogen (secondary N) is 1. The van der Waals surface area contributed by atoms with Crippen LogP contribution >= 0.6 is 15.9 Å². The molecule has 17 heavy (non-hydrogen) atoms. The van der Waals surface area contributed by atoms with Gasteiger partial charge in [0.25, 0.3) is 0 Å². The number of halogens is 2. The highest BCUT2D eigenvalue weighted by Crippen LogP contribution is 2.25. The molecule has 0 aliphatic carbocycles. The molecule has 0 aliphatic heterocycles. The van der Waals surface area contributed by atoms with E-state index in [-0.39, 0.29) is 11.9 Å². The molecule has 0 saturated carbocycles. The Labute approximate surface area is 108 Å². The lowest BCUT2D eigenvalue weighted by Gasteiger charge is -2.17. The summed E-state index contributed by atoms with van der Waals surface area (Å²) in [7, 11) is 3.65. The summed E-state index contributed by atoms with van der Waals surface area (Å²) in [5.41, 5.74) is 1.54. The number of nitrogens with zero attached hydrogens (tertiary/aromatic N) is 2. The van der Waals surface area contributed by atoms with Gasteiger partial charge in [0, 0.05) is 23.3 Å². The van der Waals surface area contributed by atoms with Gasteiger partial charge >= 0.3 is 0 Å². The second kappa shape index (κ2) is 4.98. The molecular formula is C12H13BrFN3. The van der Waals surface area contributed by atoms with Crippen molar-refractivity contribution >= 4 is 15.9 Å². The molecule has 3 nitrogen and oxygen atoms in total. The summed E-state index contributed by atoms with van der Waals surface area (Å²) in [5, 5.41) is 7.21. The third kappa shape index (κ3) is 2.40. The van der Waals surface area contributed by atoms with E-state index >= 15 is 0 Å². The summed E-state index contributed by atoms with van der Waals surface area (Å²) in [5.74, 6) is -0.236. The molecule has 90 valence electrons. The van der Waals surface area contributed by atoms with Crippen LogP contribution in [0.5, 0.6) is 0 Å². The summed E-state index contributed by atoms with van der Waals surface area (Å²) in [6.07, 6.45) is 1.70. The maximum absolute atomic E-state index is 13.9. The molecular weight excluding hydrogens is 285 g/mol. The van der Waals surface area contributed by atoms with E-state index in [4.69, 9.17) is 0 Å². The lowest BCUT2D eigenvalue weighted by atomic mass is 10.0. The van der Waals surface area contributed by atoms with E-state index in [1.165, 1.54) is 6.07 Å². The molecule has 0 aliphatic rings. The Morgan fingerprint density at radius 2 is 2.18 bits per heavy atom. The molecule has 2 aromatic rings. The van der Waals surface area contributed by atoms with E-state index < -0.39 is 0 Å². The van der Waals surface area contributed by atoms with E-state index in [0.29, 0.717) is 5.56 Å². The van der Waals surface area contributed by atoms with Crippen LogP contribution in [0.3, 0.4) is 0 Å². The molecule has 0 saturated heterocycles. The summed E-state index contributed by atoms with van der Waals surface area (Å²) in [4.78, 5) is 0. The van der Waals surface area contributed by atoms with Crippen LogP contribution in [0.4, 0.5) is 4.39 Å². The fourth-order valence-corrected chi connectivity index (χ4v) is 2.20. The largest absolute Gasteiger partial charge is 0.308 e. The van der Waals surface area contributed by atoms with Crippen LogP contribution < -0.4 is 5.32 Å². The summed E-state index contributed by atoms with van der Waals surface area (Å²) >= 11 is 3.25. The first-order chi connectivity index (χ1) is 8.13. The van der Waals surface area contributed by atoms with E-state index in [2.05, 4.69) is 26.3 Å². The highest BCUT2D eigenvalue weighted by Gasteiger charge is 2.18. The van der Waals surface area contributed by atoms with Gasteiger partial charge in [0.15, 0.2) is 0 Å². The van der Waals surface area contributed by atoms with Gasteiger partial charge < -0.3 is 5.32 Å². The Bertz CT molecular complexity index is 524. The number of rotatable bonds is 3. The Kier molecular flexibility index (Phi) is 3.59. The minimum Gasteiger partial charge on any atom is -0.308 e. The number of aromatic nitrogens is 2. The normalized spacial score (nSPS) is 12.7. The quantitative estimate of drug-likeness (QED) is 0.944. The number of hydrogen-bond acceptors (Lipinski definition) is 2. The van der Waals surface area contributed by atoms with Gasteiger partial charge in [-0.05, 0) is 25.2 Å². The van der Waals surface area contributed by atoms with Crippen molar-refractivity contribution in [2.24, 2.45) is 7.05 Å². The smallest absolute Gasteiger partial charge is 0.129 e. The second-order valence-corrected chi connectivity index (χ2v) is 4.68. The molecule has 0 amide bonds. The van der Waals surface area contributed by atoms with E-state index in [1.807, 2.05) is 19.2 Å². The van der Waals surface area contributed by atoms with Crippen LogP contribution in [-0.2, 0) is 7.05 Å². The summed E-state index contributed by atoms with van der Waals surface area (Å²) in [6.45, 7) is 0. The Hall–Kier alpha value is -1.20. The first-order valence-electron chi connectivity index (χ1n) is 5.23. The van der Waals surface area contributed by atoms with Gasteiger partial charge in [-0.3, -0.25) is 4.68 Å². The second-order valence-electron chi connectivity index (χ2n) is 3.77. The van der Waals surface area contributed by atoms with Gasteiger partial charge in [-0.1, -0.05) is 22.0 Å². The fourth-order valence-electron chi connectivity index (χ4n) is 1.87. The molecule has 0 fully saturated rings. The van der Waals surface area contributed by atoms with Gasteiger partial charge in [0.2, 0.25) is 0 Å². The van der Waals surface area contributed by atoms with Gasteiger partial charge in [0.1, 0.15) is 5.82 Å². The van der Waals surface area contributed by atoms with Crippen molar-refractivity contribution in [3.05, 3.63) is 52.0 Å². The molecule has 1 unspecified atom stereocenters. The van der Waals surface area contributed by atoms with E-state index in [9.17, 15) is 4.39 Å². The van der Waals surface area contributed by atoms with E-state index in [0.717, 1.165) is 10.2 Å². The van der Waals surface area contributed by atoms with Crippen LogP contribution in [0.2, 0.25) is 0 Å². The monoisotopic (exact) mass is 297 g/mol. The molecule has 1 aromatic heterocycles. The van der Waals surface area contributed by atoms with Gasteiger partial charge in [-0.15, -0.1) is 0 Å². The zero-order chi connectivity index (χ0) is 12.4. The van der Waals surface area contributed by atoms with Crippen molar-refractivity contribution in [3.8, 4) is 0 Å². The third-order valence-electron chi connectivity index (χ3n) is 2.72. The fraction of sp³-hybridized carbons (Fsp3) is 0.250. The minimum atomic E-state index is -0.236. The predicted molar refractivity (Wildman–Crippen MR) is 68.2 cm³/mol. The van der Waals surface area contributed by atoms with Crippen molar-refractivity contribution < 1.29 is 4.39 Å². The zero-order valence-corrected chi connectivity index (χ0v) is 11.2. The average Bonchev–Trinajstić information content (AvgIpc) is 2.69.